The lowest BCUT2D eigenvalue weighted by molar-refractivity contribution is -0.159. The summed E-state index contributed by atoms with van der Waals surface area (Å²) in [4.78, 5) is 13.7. The molecule has 0 bridgehead atoms. The van der Waals surface area contributed by atoms with Gasteiger partial charge in [0.2, 0.25) is 0 Å². The van der Waals surface area contributed by atoms with Crippen molar-refractivity contribution >= 4 is 5.97 Å². The molecule has 1 heterocycles. The number of ether oxygens (including phenoxy) is 2. The molecule has 9 nitrogen and oxygen atoms in total. The van der Waals surface area contributed by atoms with Crippen molar-refractivity contribution in [2.24, 2.45) is 5.11 Å². The molecule has 5 atom stereocenters. The highest BCUT2D eigenvalue weighted by molar-refractivity contribution is 5.75. The van der Waals surface area contributed by atoms with Crippen molar-refractivity contribution in [1.82, 2.24) is 0 Å². The van der Waals surface area contributed by atoms with Crippen LogP contribution in [-0.4, -0.2) is 65.0 Å². The van der Waals surface area contributed by atoms with E-state index in [-0.39, 0.29) is 19.6 Å². The minimum atomic E-state index is -1.71. The van der Waals surface area contributed by atoms with E-state index in [1.165, 1.54) is 0 Å². The molecule has 1 saturated heterocycles. The molecule has 19 heavy (non-hydrogen) atoms. The maximum Gasteiger partial charge on any atom is 0.337 e. The number of aliphatic hydroxyl groups excluding tert-OH is 3. The van der Waals surface area contributed by atoms with Crippen LogP contribution in [0.5, 0.6) is 0 Å². The molecule has 1 aliphatic heterocycles. The third kappa shape index (κ3) is 4.34. The third-order valence-electron chi connectivity index (χ3n) is 2.72. The van der Waals surface area contributed by atoms with E-state index >= 15 is 0 Å². The number of azide groups is 1. The number of nitrogens with zero attached hydrogens (tertiary/aromatic N) is 3. The van der Waals surface area contributed by atoms with E-state index in [1.54, 1.807) is 6.92 Å². The molecule has 1 fully saturated rings. The van der Waals surface area contributed by atoms with Crippen molar-refractivity contribution in [2.75, 3.05) is 13.2 Å². The molecule has 9 heteroatoms. The lowest BCUT2D eigenvalue weighted by Crippen LogP contribution is -2.40. The van der Waals surface area contributed by atoms with Crippen LogP contribution in [0.25, 0.3) is 10.4 Å². The molecule has 1 aliphatic rings. The zero-order chi connectivity index (χ0) is 14.4. The molecule has 0 aromatic heterocycles. The lowest BCUT2D eigenvalue weighted by atomic mass is 10.0. The standard InChI is InChI=1S/C10H17N3O6/c1-2-18-10(17)7(16)6(15)9-8(19-9)5(14)3-4-12-13-11/h5-9,14-16H,2-4H2,1H3/t5-,6+,7+,8-,9-/m0/s1. The van der Waals surface area contributed by atoms with Gasteiger partial charge in [0.15, 0.2) is 6.10 Å². The van der Waals surface area contributed by atoms with E-state index < -0.39 is 36.5 Å². The largest absolute Gasteiger partial charge is 0.464 e. The lowest BCUT2D eigenvalue weighted by Gasteiger charge is -2.15. The fraction of sp³-hybridized carbons (Fsp3) is 0.900. The van der Waals surface area contributed by atoms with Gasteiger partial charge in [-0.2, -0.15) is 0 Å². The molecule has 108 valence electrons. The minimum absolute atomic E-state index is 0.0896. The first-order valence-corrected chi connectivity index (χ1v) is 5.90. The SMILES string of the molecule is CCOC(=O)[C@H](O)[C@@H](O)[C@@H]1O[C@H]1[C@@H](O)CCN=[N+]=[N-]. The highest BCUT2D eigenvalue weighted by atomic mass is 16.6. The molecule has 0 saturated carbocycles. The van der Waals surface area contributed by atoms with Crippen molar-refractivity contribution < 1.29 is 29.6 Å². The van der Waals surface area contributed by atoms with Gasteiger partial charge in [-0.15, -0.1) is 0 Å². The predicted octanol–water partition coefficient (Wildman–Crippen LogP) is -0.900. The Kier molecular flexibility index (Phi) is 6.00. The van der Waals surface area contributed by atoms with Gasteiger partial charge in [0.05, 0.1) is 12.7 Å². The van der Waals surface area contributed by atoms with Crippen LogP contribution in [0.4, 0.5) is 0 Å². The molecule has 1 rings (SSSR count). The molecule has 0 amide bonds. The molecule has 0 spiro atoms. The first kappa shape index (κ1) is 15.7. The van der Waals surface area contributed by atoms with E-state index in [0.29, 0.717) is 0 Å². The summed E-state index contributed by atoms with van der Waals surface area (Å²) in [5.41, 5.74) is 8.08. The molecule has 0 unspecified atom stereocenters. The normalized spacial score (nSPS) is 25.9. The van der Waals surface area contributed by atoms with Gasteiger partial charge in [0.25, 0.3) is 0 Å². The van der Waals surface area contributed by atoms with Crippen molar-refractivity contribution in [2.45, 2.75) is 43.9 Å². The van der Waals surface area contributed by atoms with Crippen LogP contribution in [0.2, 0.25) is 0 Å². The molecule has 0 aromatic carbocycles. The van der Waals surface area contributed by atoms with Crippen LogP contribution in [0, 0.1) is 0 Å². The molecule has 0 aromatic rings. The number of rotatable bonds is 8. The Balaban J connectivity index is 2.38. The van der Waals surface area contributed by atoms with Crippen LogP contribution in [0.1, 0.15) is 13.3 Å². The zero-order valence-corrected chi connectivity index (χ0v) is 10.4. The molecular weight excluding hydrogens is 258 g/mol. The number of hydrogen-bond acceptors (Lipinski definition) is 7. The highest BCUT2D eigenvalue weighted by Crippen LogP contribution is 2.31. The van der Waals surface area contributed by atoms with Crippen molar-refractivity contribution in [3.63, 3.8) is 0 Å². The number of aliphatic hydroxyl groups is 3. The van der Waals surface area contributed by atoms with Gasteiger partial charge in [-0.05, 0) is 18.9 Å². The van der Waals surface area contributed by atoms with E-state index in [4.69, 9.17) is 10.3 Å². The second kappa shape index (κ2) is 7.27. The van der Waals surface area contributed by atoms with Crippen LogP contribution in [-0.2, 0) is 14.3 Å². The van der Waals surface area contributed by atoms with E-state index in [0.717, 1.165) is 0 Å². The summed E-state index contributed by atoms with van der Waals surface area (Å²) in [6, 6.07) is 0. The second-order valence-corrected chi connectivity index (χ2v) is 4.06. The quantitative estimate of drug-likeness (QED) is 0.172. The minimum Gasteiger partial charge on any atom is -0.464 e. The van der Waals surface area contributed by atoms with Gasteiger partial charge in [-0.25, -0.2) is 4.79 Å². The molecular formula is C10H17N3O6. The summed E-state index contributed by atoms with van der Waals surface area (Å²) in [5, 5.41) is 32.1. The Labute approximate surface area is 109 Å². The van der Waals surface area contributed by atoms with Crippen molar-refractivity contribution in [3.05, 3.63) is 10.4 Å². The average molecular weight is 275 g/mol. The Bertz CT molecular complexity index is 359. The summed E-state index contributed by atoms with van der Waals surface area (Å²) < 4.78 is 9.57. The Morgan fingerprint density at radius 1 is 1.47 bits per heavy atom. The first-order valence-electron chi connectivity index (χ1n) is 5.90. The fourth-order valence-electron chi connectivity index (χ4n) is 1.67. The van der Waals surface area contributed by atoms with Crippen molar-refractivity contribution in [1.29, 1.82) is 0 Å². The summed E-state index contributed by atoms with van der Waals surface area (Å²) >= 11 is 0. The average Bonchev–Trinajstić information content (AvgIpc) is 3.17. The van der Waals surface area contributed by atoms with E-state index in [9.17, 15) is 20.1 Å². The van der Waals surface area contributed by atoms with Gasteiger partial charge < -0.3 is 24.8 Å². The van der Waals surface area contributed by atoms with Crippen LogP contribution in [0.15, 0.2) is 5.11 Å². The van der Waals surface area contributed by atoms with Gasteiger partial charge in [-0.3, -0.25) is 0 Å². The summed E-state index contributed by atoms with van der Waals surface area (Å²) in [7, 11) is 0. The van der Waals surface area contributed by atoms with Crippen LogP contribution in [0.3, 0.4) is 0 Å². The molecule has 0 aliphatic carbocycles. The smallest absolute Gasteiger partial charge is 0.337 e. The number of epoxide rings is 1. The summed E-state index contributed by atoms with van der Waals surface area (Å²) in [6.45, 7) is 1.76. The fourth-order valence-corrected chi connectivity index (χ4v) is 1.67. The Morgan fingerprint density at radius 3 is 2.74 bits per heavy atom. The highest BCUT2D eigenvalue weighted by Gasteiger charge is 2.52. The zero-order valence-electron chi connectivity index (χ0n) is 10.4. The topological polar surface area (TPSA) is 148 Å². The van der Waals surface area contributed by atoms with Crippen LogP contribution < -0.4 is 0 Å². The summed E-state index contributed by atoms with van der Waals surface area (Å²) in [6.07, 6.45) is -5.45. The summed E-state index contributed by atoms with van der Waals surface area (Å²) in [5.74, 6) is -0.937. The predicted molar refractivity (Wildman–Crippen MR) is 61.9 cm³/mol. The Hall–Kier alpha value is -1.38. The number of carbonyl (C=O) groups is 1. The van der Waals surface area contributed by atoms with E-state index in [1.807, 2.05) is 0 Å². The maximum atomic E-state index is 11.2. The van der Waals surface area contributed by atoms with Crippen LogP contribution >= 0.6 is 0 Å². The molecule has 3 N–H and O–H groups in total. The number of hydrogen-bond donors (Lipinski definition) is 3. The third-order valence-corrected chi connectivity index (χ3v) is 2.72. The van der Waals surface area contributed by atoms with Crippen molar-refractivity contribution in [3.8, 4) is 0 Å². The van der Waals surface area contributed by atoms with Gasteiger partial charge in [0.1, 0.15) is 18.3 Å². The molecule has 0 radical (unpaired) electrons. The maximum absolute atomic E-state index is 11.2. The first-order chi connectivity index (χ1) is 9.02. The number of esters is 1. The number of carbonyl (C=O) groups excluding carboxylic acids is 1. The van der Waals surface area contributed by atoms with Gasteiger partial charge in [0, 0.05) is 11.5 Å². The second-order valence-electron chi connectivity index (χ2n) is 4.06. The Morgan fingerprint density at radius 2 is 2.16 bits per heavy atom. The van der Waals surface area contributed by atoms with E-state index in [2.05, 4.69) is 14.8 Å². The van der Waals surface area contributed by atoms with Gasteiger partial charge in [-0.1, -0.05) is 5.11 Å². The van der Waals surface area contributed by atoms with Gasteiger partial charge >= 0.3 is 5.97 Å². The monoisotopic (exact) mass is 275 g/mol.